The number of hydrogen-bond donors (Lipinski definition) is 2. The van der Waals surface area contributed by atoms with Crippen molar-refractivity contribution in [3.05, 3.63) is 24.3 Å². The summed E-state index contributed by atoms with van der Waals surface area (Å²) in [6.45, 7) is 5.44. The molecule has 0 saturated carbocycles. The van der Waals surface area contributed by atoms with Gasteiger partial charge in [-0.15, -0.1) is 0 Å². The van der Waals surface area contributed by atoms with Crippen molar-refractivity contribution in [1.29, 1.82) is 0 Å². The maximum Gasteiger partial charge on any atom is 0.241 e. The highest BCUT2D eigenvalue weighted by Gasteiger charge is 2.18. The van der Waals surface area contributed by atoms with Gasteiger partial charge in [0.1, 0.15) is 11.5 Å². The second-order valence-corrected chi connectivity index (χ2v) is 9.17. The van der Waals surface area contributed by atoms with Crippen LogP contribution in [0.15, 0.2) is 24.3 Å². The van der Waals surface area contributed by atoms with Crippen molar-refractivity contribution in [2.24, 2.45) is 0 Å². The first-order valence-corrected chi connectivity index (χ1v) is 11.7. The van der Waals surface area contributed by atoms with Crippen molar-refractivity contribution in [3.63, 3.8) is 0 Å². The summed E-state index contributed by atoms with van der Waals surface area (Å²) in [4.78, 5) is 26.0. The predicted molar refractivity (Wildman–Crippen MR) is 112 cm³/mol. The molecule has 8 nitrogen and oxygen atoms in total. The Labute approximate surface area is 173 Å². The van der Waals surface area contributed by atoms with E-state index < -0.39 is 21.7 Å². The summed E-state index contributed by atoms with van der Waals surface area (Å²) < 4.78 is 32.2. The van der Waals surface area contributed by atoms with Crippen LogP contribution in [-0.2, 0) is 19.6 Å². The fourth-order valence-corrected chi connectivity index (χ4v) is 4.11. The molecule has 162 valence electrons. The molecule has 1 saturated heterocycles. The lowest BCUT2D eigenvalue weighted by Crippen LogP contribution is -2.37. The molecule has 0 aromatic heterocycles. The minimum Gasteiger partial charge on any atom is -0.491 e. The maximum atomic E-state index is 12.2. The molecule has 1 aliphatic heterocycles. The second kappa shape index (κ2) is 11.0. The van der Waals surface area contributed by atoms with Crippen molar-refractivity contribution in [1.82, 2.24) is 10.2 Å². The number of benzene rings is 1. The van der Waals surface area contributed by atoms with Gasteiger partial charge in [-0.2, -0.15) is 0 Å². The van der Waals surface area contributed by atoms with Gasteiger partial charge in [-0.3, -0.25) is 14.3 Å². The molecule has 1 aliphatic rings. The van der Waals surface area contributed by atoms with Crippen LogP contribution < -0.4 is 14.8 Å². The van der Waals surface area contributed by atoms with Gasteiger partial charge < -0.3 is 15.0 Å². The topological polar surface area (TPSA) is 105 Å². The normalized spacial score (nSPS) is 14.9. The summed E-state index contributed by atoms with van der Waals surface area (Å²) in [5.41, 5.74) is 0.352. The van der Waals surface area contributed by atoms with E-state index in [2.05, 4.69) is 10.0 Å². The molecule has 0 radical (unpaired) electrons. The van der Waals surface area contributed by atoms with E-state index in [0.29, 0.717) is 11.4 Å². The molecule has 0 aliphatic carbocycles. The average Bonchev–Trinajstić information content (AvgIpc) is 2.91. The van der Waals surface area contributed by atoms with Crippen LogP contribution in [0.1, 0.15) is 46.0 Å². The van der Waals surface area contributed by atoms with Gasteiger partial charge in [0.2, 0.25) is 21.8 Å². The third-order valence-corrected chi connectivity index (χ3v) is 5.63. The molecule has 1 fully saturated rings. The van der Waals surface area contributed by atoms with Crippen LogP contribution in [0.3, 0.4) is 0 Å². The van der Waals surface area contributed by atoms with Gasteiger partial charge in [0, 0.05) is 31.7 Å². The summed E-state index contributed by atoms with van der Waals surface area (Å²) in [6, 6.07) is 6.47. The van der Waals surface area contributed by atoms with Gasteiger partial charge in [-0.05, 0) is 51.0 Å². The van der Waals surface area contributed by atoms with Gasteiger partial charge in [0.15, 0.2) is 0 Å². The number of likely N-dealkylation sites (tertiary alicyclic amines) is 1. The van der Waals surface area contributed by atoms with E-state index in [4.69, 9.17) is 4.74 Å². The fraction of sp³-hybridized carbons (Fsp3) is 0.600. The van der Waals surface area contributed by atoms with Crippen LogP contribution in [-0.4, -0.2) is 56.6 Å². The van der Waals surface area contributed by atoms with E-state index in [-0.39, 0.29) is 25.0 Å². The number of hydrogen-bond acceptors (Lipinski definition) is 5. The third kappa shape index (κ3) is 8.72. The van der Waals surface area contributed by atoms with Crippen molar-refractivity contribution in [3.8, 4) is 5.75 Å². The molecule has 29 heavy (non-hydrogen) atoms. The quantitative estimate of drug-likeness (QED) is 0.631. The average molecular weight is 426 g/mol. The molecule has 2 N–H and O–H groups in total. The summed E-state index contributed by atoms with van der Waals surface area (Å²) in [7, 11) is -3.84. The smallest absolute Gasteiger partial charge is 0.241 e. The largest absolute Gasteiger partial charge is 0.491 e. The van der Waals surface area contributed by atoms with Gasteiger partial charge in [-0.1, -0.05) is 12.8 Å². The lowest BCUT2D eigenvalue weighted by Gasteiger charge is -2.20. The molecule has 0 spiro atoms. The minimum absolute atomic E-state index is 0.00288. The lowest BCUT2D eigenvalue weighted by atomic mass is 10.2. The standard InChI is InChI=1S/C20H31N3O5S/c1-16(2)28-18-9-7-17(8-10-18)22-29(26,27)15-19(24)21-12-11-20(25)23-13-5-3-4-6-14-23/h7-10,16,22H,3-6,11-15H2,1-2H3,(H,21,24). The first-order chi connectivity index (χ1) is 13.7. The maximum absolute atomic E-state index is 12.2. The summed E-state index contributed by atoms with van der Waals surface area (Å²) >= 11 is 0. The van der Waals surface area contributed by atoms with Gasteiger partial charge in [0.25, 0.3) is 0 Å². The lowest BCUT2D eigenvalue weighted by molar-refractivity contribution is -0.131. The Morgan fingerprint density at radius 1 is 1.07 bits per heavy atom. The molecule has 2 amide bonds. The number of sulfonamides is 1. The molecule has 1 aromatic carbocycles. The van der Waals surface area contributed by atoms with Crippen LogP contribution in [0.25, 0.3) is 0 Å². The molecule has 1 heterocycles. The van der Waals surface area contributed by atoms with E-state index in [0.717, 1.165) is 38.8 Å². The Kier molecular flexibility index (Phi) is 8.75. The number of nitrogens with zero attached hydrogens (tertiary/aromatic N) is 1. The summed E-state index contributed by atoms with van der Waals surface area (Å²) in [6.07, 6.45) is 4.49. The number of nitrogens with one attached hydrogen (secondary N) is 2. The van der Waals surface area contributed by atoms with Crippen LogP contribution >= 0.6 is 0 Å². The summed E-state index contributed by atoms with van der Waals surface area (Å²) in [5, 5.41) is 2.52. The van der Waals surface area contributed by atoms with Crippen molar-refractivity contribution < 1.29 is 22.7 Å². The van der Waals surface area contributed by atoms with Gasteiger partial charge in [0.05, 0.1) is 6.10 Å². The van der Waals surface area contributed by atoms with Gasteiger partial charge in [-0.25, -0.2) is 8.42 Å². The van der Waals surface area contributed by atoms with E-state index in [1.807, 2.05) is 18.7 Å². The van der Waals surface area contributed by atoms with E-state index in [9.17, 15) is 18.0 Å². The number of ether oxygens (including phenoxy) is 1. The van der Waals surface area contributed by atoms with E-state index >= 15 is 0 Å². The highest BCUT2D eigenvalue weighted by molar-refractivity contribution is 7.93. The Bertz CT molecular complexity index is 770. The third-order valence-electron chi connectivity index (χ3n) is 4.44. The number of carbonyl (C=O) groups excluding carboxylic acids is 2. The Hall–Kier alpha value is -2.29. The SMILES string of the molecule is CC(C)Oc1ccc(NS(=O)(=O)CC(=O)NCCC(=O)N2CCCCCC2)cc1. The summed E-state index contributed by atoms with van der Waals surface area (Å²) in [5.74, 6) is -0.706. The van der Waals surface area contributed by atoms with Crippen LogP contribution in [0.5, 0.6) is 5.75 Å². The number of carbonyl (C=O) groups is 2. The first kappa shape index (κ1) is 23.0. The zero-order valence-electron chi connectivity index (χ0n) is 17.1. The minimum atomic E-state index is -3.84. The Morgan fingerprint density at radius 3 is 2.28 bits per heavy atom. The van der Waals surface area contributed by atoms with E-state index in [1.165, 1.54) is 0 Å². The zero-order valence-corrected chi connectivity index (χ0v) is 18.0. The molecule has 0 bridgehead atoms. The Morgan fingerprint density at radius 2 is 1.69 bits per heavy atom. The fourth-order valence-electron chi connectivity index (χ4n) is 3.10. The molecule has 2 rings (SSSR count). The molecular weight excluding hydrogens is 394 g/mol. The number of rotatable bonds is 9. The molecular formula is C20H31N3O5S. The second-order valence-electron chi connectivity index (χ2n) is 7.45. The molecule has 0 atom stereocenters. The van der Waals surface area contributed by atoms with Crippen LogP contribution in [0.4, 0.5) is 5.69 Å². The van der Waals surface area contributed by atoms with Crippen LogP contribution in [0, 0.1) is 0 Å². The molecule has 1 aromatic rings. The predicted octanol–water partition coefficient (Wildman–Crippen LogP) is 2.12. The first-order valence-electron chi connectivity index (χ1n) is 10.1. The molecule has 0 unspecified atom stereocenters. The monoisotopic (exact) mass is 425 g/mol. The van der Waals surface area contributed by atoms with Gasteiger partial charge >= 0.3 is 0 Å². The highest BCUT2D eigenvalue weighted by Crippen LogP contribution is 2.18. The Balaban J connectivity index is 1.74. The molecule has 9 heteroatoms. The zero-order chi connectivity index (χ0) is 21.3. The van der Waals surface area contributed by atoms with Crippen molar-refractivity contribution in [2.75, 3.05) is 30.1 Å². The van der Waals surface area contributed by atoms with E-state index in [1.54, 1.807) is 24.3 Å². The van der Waals surface area contributed by atoms with Crippen LogP contribution in [0.2, 0.25) is 0 Å². The number of anilines is 1. The number of amides is 2. The highest BCUT2D eigenvalue weighted by atomic mass is 32.2. The van der Waals surface area contributed by atoms with Crippen molar-refractivity contribution >= 4 is 27.5 Å². The van der Waals surface area contributed by atoms with Crippen molar-refractivity contribution in [2.45, 2.75) is 52.1 Å².